The van der Waals surface area contributed by atoms with Gasteiger partial charge in [0, 0.05) is 12.5 Å². The predicted octanol–water partition coefficient (Wildman–Crippen LogP) is 1.61. The van der Waals surface area contributed by atoms with Gasteiger partial charge in [0.1, 0.15) is 17.3 Å². The standard InChI is InChI=1S/C12H11F2NO3/c1-7(16)15-11(12(17)18-2)6-8-5-9(13)3-4-10(8)14/h3-6H,1-2H3,(H,15,16)/b11-6-. The summed E-state index contributed by atoms with van der Waals surface area (Å²) in [6.45, 7) is 1.18. The lowest BCUT2D eigenvalue weighted by Crippen LogP contribution is -2.25. The number of ether oxygens (including phenoxy) is 1. The van der Waals surface area contributed by atoms with Crippen LogP contribution in [0.4, 0.5) is 8.78 Å². The van der Waals surface area contributed by atoms with Gasteiger partial charge >= 0.3 is 5.97 Å². The average molecular weight is 255 g/mol. The van der Waals surface area contributed by atoms with Gasteiger partial charge in [-0.1, -0.05) is 0 Å². The second-order valence-corrected chi connectivity index (χ2v) is 3.40. The minimum atomic E-state index is -0.853. The number of carbonyl (C=O) groups is 2. The molecule has 0 aliphatic carbocycles. The molecular weight excluding hydrogens is 244 g/mol. The molecule has 0 spiro atoms. The smallest absolute Gasteiger partial charge is 0.354 e. The predicted molar refractivity (Wildman–Crippen MR) is 60.2 cm³/mol. The Morgan fingerprint density at radius 2 is 2.00 bits per heavy atom. The van der Waals surface area contributed by atoms with E-state index in [9.17, 15) is 18.4 Å². The highest BCUT2D eigenvalue weighted by molar-refractivity contribution is 5.97. The van der Waals surface area contributed by atoms with Crippen molar-refractivity contribution in [2.75, 3.05) is 7.11 Å². The molecule has 0 atom stereocenters. The minimum absolute atomic E-state index is 0.163. The van der Waals surface area contributed by atoms with E-state index in [1.165, 1.54) is 6.92 Å². The van der Waals surface area contributed by atoms with Crippen LogP contribution in [0.2, 0.25) is 0 Å². The summed E-state index contributed by atoms with van der Waals surface area (Å²) >= 11 is 0. The van der Waals surface area contributed by atoms with Crippen LogP contribution in [0.5, 0.6) is 0 Å². The van der Waals surface area contributed by atoms with Gasteiger partial charge in [-0.25, -0.2) is 13.6 Å². The Balaban J connectivity index is 3.18. The molecule has 1 rings (SSSR count). The Morgan fingerprint density at radius 1 is 1.33 bits per heavy atom. The van der Waals surface area contributed by atoms with E-state index in [0.717, 1.165) is 31.4 Å². The molecule has 6 heteroatoms. The molecule has 0 aromatic heterocycles. The van der Waals surface area contributed by atoms with E-state index in [2.05, 4.69) is 10.1 Å². The van der Waals surface area contributed by atoms with Gasteiger partial charge in [-0.2, -0.15) is 0 Å². The van der Waals surface area contributed by atoms with Crippen molar-refractivity contribution in [1.29, 1.82) is 0 Å². The van der Waals surface area contributed by atoms with Gasteiger partial charge in [0.2, 0.25) is 5.91 Å². The van der Waals surface area contributed by atoms with E-state index in [1.54, 1.807) is 0 Å². The van der Waals surface area contributed by atoms with Crippen LogP contribution in [0, 0.1) is 11.6 Å². The van der Waals surface area contributed by atoms with E-state index in [0.29, 0.717) is 0 Å². The number of carbonyl (C=O) groups excluding carboxylic acids is 2. The van der Waals surface area contributed by atoms with Gasteiger partial charge in [-0.3, -0.25) is 4.79 Å². The molecule has 0 aliphatic heterocycles. The number of esters is 1. The highest BCUT2D eigenvalue weighted by atomic mass is 19.1. The van der Waals surface area contributed by atoms with Crippen LogP contribution in [-0.2, 0) is 14.3 Å². The molecule has 0 heterocycles. The molecule has 0 unspecified atom stereocenters. The van der Waals surface area contributed by atoms with Crippen molar-refractivity contribution < 1.29 is 23.1 Å². The van der Waals surface area contributed by atoms with Gasteiger partial charge in [0.25, 0.3) is 0 Å². The molecule has 0 radical (unpaired) electrons. The van der Waals surface area contributed by atoms with Crippen LogP contribution >= 0.6 is 0 Å². The van der Waals surface area contributed by atoms with Gasteiger partial charge in [-0.15, -0.1) is 0 Å². The lowest BCUT2D eigenvalue weighted by molar-refractivity contribution is -0.137. The van der Waals surface area contributed by atoms with Crippen molar-refractivity contribution in [1.82, 2.24) is 5.32 Å². The topological polar surface area (TPSA) is 55.4 Å². The van der Waals surface area contributed by atoms with E-state index in [4.69, 9.17) is 0 Å². The Kier molecular flexibility index (Phi) is 4.53. The highest BCUT2D eigenvalue weighted by Crippen LogP contribution is 2.13. The molecule has 1 aromatic carbocycles. The van der Waals surface area contributed by atoms with Crippen molar-refractivity contribution in [3.8, 4) is 0 Å². The van der Waals surface area contributed by atoms with Gasteiger partial charge in [0.15, 0.2) is 0 Å². The van der Waals surface area contributed by atoms with Crippen molar-refractivity contribution in [2.24, 2.45) is 0 Å². The summed E-state index contributed by atoms with van der Waals surface area (Å²) in [5, 5.41) is 2.18. The first-order valence-corrected chi connectivity index (χ1v) is 4.96. The summed E-state index contributed by atoms with van der Waals surface area (Å²) in [5.74, 6) is -2.75. The third-order valence-corrected chi connectivity index (χ3v) is 1.97. The van der Waals surface area contributed by atoms with Crippen LogP contribution in [0.15, 0.2) is 23.9 Å². The zero-order valence-corrected chi connectivity index (χ0v) is 9.79. The lowest BCUT2D eigenvalue weighted by atomic mass is 10.1. The molecule has 0 fully saturated rings. The maximum Gasteiger partial charge on any atom is 0.354 e. The van der Waals surface area contributed by atoms with Crippen LogP contribution in [0.3, 0.4) is 0 Å². The number of hydrogen-bond acceptors (Lipinski definition) is 3. The number of benzene rings is 1. The van der Waals surface area contributed by atoms with Crippen molar-refractivity contribution in [2.45, 2.75) is 6.92 Å². The lowest BCUT2D eigenvalue weighted by Gasteiger charge is -2.06. The SMILES string of the molecule is COC(=O)/C(=C/c1cc(F)ccc1F)NC(C)=O. The number of hydrogen-bond donors (Lipinski definition) is 1. The van der Waals surface area contributed by atoms with Crippen molar-refractivity contribution in [3.05, 3.63) is 41.1 Å². The molecule has 18 heavy (non-hydrogen) atoms. The third kappa shape index (κ3) is 3.65. The van der Waals surface area contributed by atoms with Gasteiger partial charge < -0.3 is 10.1 Å². The van der Waals surface area contributed by atoms with Gasteiger partial charge in [0.05, 0.1) is 7.11 Å². The van der Waals surface area contributed by atoms with E-state index in [-0.39, 0.29) is 11.3 Å². The number of rotatable bonds is 3. The molecule has 0 bridgehead atoms. The Morgan fingerprint density at radius 3 is 2.56 bits per heavy atom. The van der Waals surface area contributed by atoms with Crippen molar-refractivity contribution >= 4 is 18.0 Å². The molecule has 1 N–H and O–H groups in total. The summed E-state index contributed by atoms with van der Waals surface area (Å²) in [4.78, 5) is 22.2. The minimum Gasteiger partial charge on any atom is -0.464 e. The Bertz CT molecular complexity index is 512. The highest BCUT2D eigenvalue weighted by Gasteiger charge is 2.12. The molecule has 0 aliphatic rings. The maximum absolute atomic E-state index is 13.4. The normalized spacial score (nSPS) is 11.0. The third-order valence-electron chi connectivity index (χ3n) is 1.97. The first kappa shape index (κ1) is 13.8. The quantitative estimate of drug-likeness (QED) is 0.659. The van der Waals surface area contributed by atoms with Crippen LogP contribution < -0.4 is 5.32 Å². The first-order chi connectivity index (χ1) is 8.43. The second kappa shape index (κ2) is 5.90. The van der Waals surface area contributed by atoms with E-state index >= 15 is 0 Å². The molecule has 96 valence electrons. The fourth-order valence-electron chi connectivity index (χ4n) is 1.23. The van der Waals surface area contributed by atoms with Crippen LogP contribution in [0.1, 0.15) is 12.5 Å². The summed E-state index contributed by atoms with van der Waals surface area (Å²) < 4.78 is 30.7. The average Bonchev–Trinajstić information content (AvgIpc) is 2.31. The molecule has 1 amide bonds. The zero-order valence-electron chi connectivity index (χ0n) is 9.79. The number of amides is 1. The van der Waals surface area contributed by atoms with Gasteiger partial charge in [-0.05, 0) is 24.3 Å². The monoisotopic (exact) mass is 255 g/mol. The summed E-state index contributed by atoms with van der Waals surface area (Å²) in [5.41, 5.74) is -0.432. The summed E-state index contributed by atoms with van der Waals surface area (Å²) in [6, 6.07) is 2.77. The molecule has 0 saturated heterocycles. The summed E-state index contributed by atoms with van der Waals surface area (Å²) in [6.07, 6.45) is 1.01. The van der Waals surface area contributed by atoms with E-state index < -0.39 is 23.5 Å². The van der Waals surface area contributed by atoms with Crippen LogP contribution in [-0.4, -0.2) is 19.0 Å². The number of methoxy groups -OCH3 is 1. The number of halogens is 2. The summed E-state index contributed by atoms with van der Waals surface area (Å²) in [7, 11) is 1.11. The maximum atomic E-state index is 13.4. The first-order valence-electron chi connectivity index (χ1n) is 4.96. The second-order valence-electron chi connectivity index (χ2n) is 3.40. The largest absolute Gasteiger partial charge is 0.464 e. The Labute approximate surface area is 102 Å². The zero-order chi connectivity index (χ0) is 13.7. The van der Waals surface area contributed by atoms with Crippen LogP contribution in [0.25, 0.3) is 6.08 Å². The number of nitrogens with one attached hydrogen (secondary N) is 1. The Hall–Kier alpha value is -2.24. The van der Waals surface area contributed by atoms with Crippen molar-refractivity contribution in [3.63, 3.8) is 0 Å². The fraction of sp³-hybridized carbons (Fsp3) is 0.167. The fourth-order valence-corrected chi connectivity index (χ4v) is 1.23. The molecule has 1 aromatic rings. The molecule has 4 nitrogen and oxygen atoms in total. The molecular formula is C12H11F2NO3. The molecule has 0 saturated carbocycles. The van der Waals surface area contributed by atoms with E-state index in [1.807, 2.05) is 0 Å².